The van der Waals surface area contributed by atoms with Gasteiger partial charge in [0, 0.05) is 17.7 Å². The summed E-state index contributed by atoms with van der Waals surface area (Å²) in [6, 6.07) is 13.0. The Labute approximate surface area is 128 Å². The second kappa shape index (κ2) is 5.53. The van der Waals surface area contributed by atoms with Gasteiger partial charge in [0.2, 0.25) is 0 Å². The van der Waals surface area contributed by atoms with Crippen LogP contribution in [0.5, 0.6) is 0 Å². The van der Waals surface area contributed by atoms with E-state index < -0.39 is 4.92 Å². The van der Waals surface area contributed by atoms with E-state index in [1.807, 2.05) is 24.3 Å². The van der Waals surface area contributed by atoms with Crippen LogP contribution >= 0.6 is 11.3 Å². The second-order valence-electron chi connectivity index (χ2n) is 4.69. The van der Waals surface area contributed by atoms with Gasteiger partial charge in [-0.2, -0.15) is 0 Å². The van der Waals surface area contributed by atoms with Crippen molar-refractivity contribution in [2.24, 2.45) is 0 Å². The van der Waals surface area contributed by atoms with Gasteiger partial charge in [-0.3, -0.25) is 20.3 Å². The fraction of sp³-hybridized carbons (Fsp3) is 0.0667. The van der Waals surface area contributed by atoms with Gasteiger partial charge in [0.25, 0.3) is 5.69 Å². The molecule has 0 saturated carbocycles. The first-order valence-electron chi connectivity index (χ1n) is 6.47. The quantitative estimate of drug-likeness (QED) is 0.456. The average molecular weight is 313 g/mol. The monoisotopic (exact) mass is 313 g/mol. The number of fused-ring (bicyclic) bond motifs is 1. The normalized spacial score (nSPS) is 10.7. The smallest absolute Gasteiger partial charge is 0.269 e. The van der Waals surface area contributed by atoms with Gasteiger partial charge < -0.3 is 4.57 Å². The van der Waals surface area contributed by atoms with Crippen LogP contribution in [0.3, 0.4) is 0 Å². The Kier molecular flexibility index (Phi) is 3.56. The number of ketones is 1. The predicted octanol–water partition coefficient (Wildman–Crippen LogP) is 2.97. The number of hydrogen-bond donors (Lipinski definition) is 1. The minimum absolute atomic E-state index is 0.0423. The minimum atomic E-state index is -0.503. The predicted molar refractivity (Wildman–Crippen MR) is 83.1 cm³/mol. The van der Waals surface area contributed by atoms with Crippen molar-refractivity contribution in [1.29, 1.82) is 5.41 Å². The molecule has 0 fully saturated rings. The van der Waals surface area contributed by atoms with Crippen LogP contribution in [0.1, 0.15) is 10.4 Å². The molecule has 7 heteroatoms. The lowest BCUT2D eigenvalue weighted by Gasteiger charge is -2.04. The van der Waals surface area contributed by atoms with Crippen molar-refractivity contribution in [2.45, 2.75) is 6.54 Å². The topological polar surface area (TPSA) is 89.0 Å². The van der Waals surface area contributed by atoms with Gasteiger partial charge in [0.15, 0.2) is 10.6 Å². The average Bonchev–Trinajstić information content (AvgIpc) is 2.83. The van der Waals surface area contributed by atoms with Crippen LogP contribution in [0.15, 0.2) is 48.5 Å². The summed E-state index contributed by atoms with van der Waals surface area (Å²) in [6.45, 7) is 0.0423. The SMILES string of the molecule is N=c1sc2ccccc2n1CC(=O)c1ccc([N+](=O)[O-])cc1. The molecule has 22 heavy (non-hydrogen) atoms. The van der Waals surface area contributed by atoms with E-state index in [1.165, 1.54) is 35.6 Å². The Morgan fingerprint density at radius 3 is 2.55 bits per heavy atom. The maximum atomic E-state index is 12.3. The number of carbonyl (C=O) groups is 1. The highest BCUT2D eigenvalue weighted by Gasteiger charge is 2.12. The molecule has 3 rings (SSSR count). The molecule has 0 amide bonds. The Bertz CT molecular complexity index is 925. The van der Waals surface area contributed by atoms with E-state index in [0.29, 0.717) is 10.4 Å². The van der Waals surface area contributed by atoms with Gasteiger partial charge in [-0.1, -0.05) is 23.5 Å². The maximum Gasteiger partial charge on any atom is 0.269 e. The molecule has 110 valence electrons. The molecule has 2 aromatic carbocycles. The summed E-state index contributed by atoms with van der Waals surface area (Å²) in [5.41, 5.74) is 1.19. The molecule has 0 bridgehead atoms. The van der Waals surface area contributed by atoms with Crippen LogP contribution in [-0.2, 0) is 6.54 Å². The van der Waals surface area contributed by atoms with E-state index in [4.69, 9.17) is 5.41 Å². The number of nitrogens with zero attached hydrogens (tertiary/aromatic N) is 2. The summed E-state index contributed by atoms with van der Waals surface area (Å²) in [6.07, 6.45) is 0. The van der Waals surface area contributed by atoms with E-state index >= 15 is 0 Å². The van der Waals surface area contributed by atoms with Crippen LogP contribution in [0.2, 0.25) is 0 Å². The number of thiazole rings is 1. The van der Waals surface area contributed by atoms with Gasteiger partial charge in [-0.15, -0.1) is 0 Å². The third kappa shape index (κ3) is 2.53. The first kappa shape index (κ1) is 14.2. The fourth-order valence-corrected chi connectivity index (χ4v) is 3.11. The second-order valence-corrected chi connectivity index (χ2v) is 5.72. The van der Waals surface area contributed by atoms with E-state index in [0.717, 1.165) is 10.2 Å². The van der Waals surface area contributed by atoms with Gasteiger partial charge in [0.1, 0.15) is 0 Å². The van der Waals surface area contributed by atoms with E-state index in [9.17, 15) is 14.9 Å². The third-order valence-electron chi connectivity index (χ3n) is 3.31. The molecule has 1 N–H and O–H groups in total. The molecule has 1 aromatic heterocycles. The Morgan fingerprint density at radius 2 is 1.86 bits per heavy atom. The summed E-state index contributed by atoms with van der Waals surface area (Å²) in [5, 5.41) is 18.6. The molecular formula is C15H11N3O3S. The Hall–Kier alpha value is -2.80. The number of nitrogens with one attached hydrogen (secondary N) is 1. The molecule has 0 unspecified atom stereocenters. The van der Waals surface area contributed by atoms with Crippen LogP contribution in [-0.4, -0.2) is 15.3 Å². The number of aromatic nitrogens is 1. The first-order valence-corrected chi connectivity index (χ1v) is 7.28. The van der Waals surface area contributed by atoms with Gasteiger partial charge >= 0.3 is 0 Å². The van der Waals surface area contributed by atoms with Crippen molar-refractivity contribution in [3.8, 4) is 0 Å². The van der Waals surface area contributed by atoms with Gasteiger partial charge in [-0.05, 0) is 24.3 Å². The zero-order valence-electron chi connectivity index (χ0n) is 11.4. The number of rotatable bonds is 4. The molecular weight excluding hydrogens is 302 g/mol. The number of nitro benzene ring substituents is 1. The number of nitro groups is 1. The molecule has 1 heterocycles. The van der Waals surface area contributed by atoms with Crippen LogP contribution in [0.25, 0.3) is 10.2 Å². The standard InChI is InChI=1S/C15H11N3O3S/c16-15-17(12-3-1-2-4-14(12)22-15)9-13(19)10-5-7-11(8-6-10)18(20)21/h1-8,16H,9H2. The highest BCUT2D eigenvalue weighted by atomic mass is 32.1. The van der Waals surface area contributed by atoms with Crippen molar-refractivity contribution in [3.05, 3.63) is 69.0 Å². The van der Waals surface area contributed by atoms with Crippen molar-refractivity contribution in [1.82, 2.24) is 4.57 Å². The van der Waals surface area contributed by atoms with E-state index in [2.05, 4.69) is 0 Å². The summed E-state index contributed by atoms with van der Waals surface area (Å²) in [5.74, 6) is -0.183. The Morgan fingerprint density at radius 1 is 1.18 bits per heavy atom. The molecule has 0 saturated heterocycles. The number of Topliss-reactive ketones (excluding diaryl/α,β-unsaturated/α-hetero) is 1. The lowest BCUT2D eigenvalue weighted by molar-refractivity contribution is -0.384. The minimum Gasteiger partial charge on any atom is -0.309 e. The zero-order chi connectivity index (χ0) is 15.7. The number of hydrogen-bond acceptors (Lipinski definition) is 5. The van der Waals surface area contributed by atoms with Crippen molar-refractivity contribution in [3.63, 3.8) is 0 Å². The number of para-hydroxylation sites is 1. The summed E-state index contributed by atoms with van der Waals surface area (Å²) in [7, 11) is 0. The lowest BCUT2D eigenvalue weighted by atomic mass is 10.1. The lowest BCUT2D eigenvalue weighted by Crippen LogP contribution is -2.19. The molecule has 6 nitrogen and oxygen atoms in total. The first-order chi connectivity index (χ1) is 10.6. The number of carbonyl (C=O) groups excluding carboxylic acids is 1. The molecule has 0 aliphatic heterocycles. The van der Waals surface area contributed by atoms with E-state index in [1.54, 1.807) is 4.57 Å². The molecule has 0 radical (unpaired) electrons. The zero-order valence-corrected chi connectivity index (χ0v) is 12.2. The Balaban J connectivity index is 1.91. The van der Waals surface area contributed by atoms with E-state index in [-0.39, 0.29) is 18.0 Å². The van der Waals surface area contributed by atoms with Gasteiger partial charge in [0.05, 0.1) is 21.7 Å². The molecule has 0 aliphatic rings. The van der Waals surface area contributed by atoms with Crippen LogP contribution in [0, 0.1) is 15.5 Å². The molecule has 0 aliphatic carbocycles. The molecule has 3 aromatic rings. The van der Waals surface area contributed by atoms with Crippen LogP contribution in [0.4, 0.5) is 5.69 Å². The van der Waals surface area contributed by atoms with Gasteiger partial charge in [-0.25, -0.2) is 0 Å². The van der Waals surface area contributed by atoms with Crippen LogP contribution < -0.4 is 4.80 Å². The largest absolute Gasteiger partial charge is 0.309 e. The third-order valence-corrected chi connectivity index (χ3v) is 4.29. The molecule has 0 spiro atoms. The van der Waals surface area contributed by atoms with Crippen molar-refractivity contribution in [2.75, 3.05) is 0 Å². The summed E-state index contributed by atoms with van der Waals surface area (Å²) in [4.78, 5) is 22.7. The number of non-ortho nitro benzene ring substituents is 1. The maximum absolute atomic E-state index is 12.3. The fourth-order valence-electron chi connectivity index (χ4n) is 2.20. The summed E-state index contributed by atoms with van der Waals surface area (Å²) >= 11 is 1.31. The highest BCUT2D eigenvalue weighted by Crippen LogP contribution is 2.18. The molecule has 0 atom stereocenters. The summed E-state index contributed by atoms with van der Waals surface area (Å²) < 4.78 is 2.59. The van der Waals surface area contributed by atoms with Crippen molar-refractivity contribution >= 4 is 33.0 Å². The highest BCUT2D eigenvalue weighted by molar-refractivity contribution is 7.16. The number of benzene rings is 2. The van der Waals surface area contributed by atoms with Crippen molar-refractivity contribution < 1.29 is 9.72 Å².